The van der Waals surface area contributed by atoms with Gasteiger partial charge in [0.15, 0.2) is 49.2 Å². The van der Waals surface area contributed by atoms with Crippen molar-refractivity contribution in [2.75, 3.05) is 55.9 Å². The van der Waals surface area contributed by atoms with E-state index in [0.717, 1.165) is 5.56 Å². The van der Waals surface area contributed by atoms with E-state index in [0.29, 0.717) is 34.3 Å². The van der Waals surface area contributed by atoms with Gasteiger partial charge in [0.05, 0.1) is 14.2 Å². The van der Waals surface area contributed by atoms with E-state index in [-0.39, 0.29) is 26.2 Å². The SMILES string of the molecule is COCOc1ccc(/C=C/C(=O)c2cc(OCOC)c(OC)c(OCOC)c2)cc1OC. The minimum Gasteiger partial charge on any atom is -0.493 e. The minimum absolute atomic E-state index is 0.0230. The van der Waals surface area contributed by atoms with E-state index in [4.69, 9.17) is 37.9 Å². The fraction of sp³-hybridized carbons (Fsp3) is 0.348. The summed E-state index contributed by atoms with van der Waals surface area (Å²) >= 11 is 0. The summed E-state index contributed by atoms with van der Waals surface area (Å²) in [6, 6.07) is 8.41. The molecule has 0 amide bonds. The van der Waals surface area contributed by atoms with E-state index >= 15 is 0 Å². The summed E-state index contributed by atoms with van der Waals surface area (Å²) in [5.41, 5.74) is 1.09. The van der Waals surface area contributed by atoms with E-state index in [9.17, 15) is 4.79 Å². The molecule has 0 aromatic heterocycles. The Hall–Kier alpha value is -3.27. The number of benzene rings is 2. The molecule has 0 N–H and O–H groups in total. The lowest BCUT2D eigenvalue weighted by Gasteiger charge is -2.16. The Bertz CT molecular complexity index is 879. The molecule has 32 heavy (non-hydrogen) atoms. The van der Waals surface area contributed by atoms with Crippen LogP contribution >= 0.6 is 0 Å². The highest BCUT2D eigenvalue weighted by atomic mass is 16.7. The molecule has 0 spiro atoms. The molecule has 0 radical (unpaired) electrons. The highest BCUT2D eigenvalue weighted by molar-refractivity contribution is 6.07. The van der Waals surface area contributed by atoms with E-state index in [1.807, 2.05) is 0 Å². The Labute approximate surface area is 187 Å². The molecule has 0 saturated heterocycles. The standard InChI is InChI=1S/C23H28O9/c1-25-13-30-19-9-7-16(10-20(19)28-4)6-8-18(24)17-11-21(31-14-26-2)23(29-5)22(12-17)32-15-27-3/h6-12H,13-15H2,1-5H3/b8-6+. The van der Waals surface area contributed by atoms with E-state index < -0.39 is 0 Å². The predicted molar refractivity (Wildman–Crippen MR) is 117 cm³/mol. The third kappa shape index (κ3) is 6.88. The third-order valence-corrected chi connectivity index (χ3v) is 4.12. The van der Waals surface area contributed by atoms with Gasteiger partial charge in [-0.15, -0.1) is 0 Å². The molecule has 174 valence electrons. The number of ketones is 1. The Kier molecular flexibility index (Phi) is 10.3. The zero-order chi connectivity index (χ0) is 23.3. The van der Waals surface area contributed by atoms with Crippen LogP contribution in [-0.2, 0) is 14.2 Å². The minimum atomic E-state index is -0.268. The van der Waals surface area contributed by atoms with Crippen LogP contribution in [0, 0.1) is 0 Å². The molecule has 0 fully saturated rings. The Morgan fingerprint density at radius 2 is 1.28 bits per heavy atom. The van der Waals surface area contributed by atoms with Crippen LogP contribution in [-0.4, -0.2) is 61.7 Å². The van der Waals surface area contributed by atoms with Gasteiger partial charge >= 0.3 is 0 Å². The number of hydrogen-bond acceptors (Lipinski definition) is 9. The maximum absolute atomic E-state index is 12.9. The average molecular weight is 448 g/mol. The van der Waals surface area contributed by atoms with Crippen LogP contribution in [0.3, 0.4) is 0 Å². The quantitative estimate of drug-likeness (QED) is 0.244. The van der Waals surface area contributed by atoms with Gasteiger partial charge in [-0.1, -0.05) is 12.1 Å². The number of allylic oxidation sites excluding steroid dienone is 1. The molecule has 9 heteroatoms. The average Bonchev–Trinajstić information content (AvgIpc) is 2.82. The second-order valence-electron chi connectivity index (χ2n) is 6.27. The van der Waals surface area contributed by atoms with Crippen molar-refractivity contribution < 1.29 is 42.7 Å². The number of ether oxygens (including phenoxy) is 8. The topological polar surface area (TPSA) is 90.9 Å². The lowest BCUT2D eigenvalue weighted by Crippen LogP contribution is -2.07. The summed E-state index contributed by atoms with van der Waals surface area (Å²) in [4.78, 5) is 12.9. The first-order valence-corrected chi connectivity index (χ1v) is 9.55. The van der Waals surface area contributed by atoms with Crippen molar-refractivity contribution in [3.8, 4) is 28.7 Å². The summed E-state index contributed by atoms with van der Waals surface area (Å²) in [7, 11) is 7.53. The van der Waals surface area contributed by atoms with Crippen molar-refractivity contribution in [3.05, 3.63) is 47.5 Å². The van der Waals surface area contributed by atoms with Crippen LogP contribution < -0.4 is 23.7 Å². The van der Waals surface area contributed by atoms with Crippen LogP contribution in [0.4, 0.5) is 0 Å². The monoisotopic (exact) mass is 448 g/mol. The molecule has 2 rings (SSSR count). The van der Waals surface area contributed by atoms with Crippen LogP contribution in [0.2, 0.25) is 0 Å². The molecular weight excluding hydrogens is 420 g/mol. The van der Waals surface area contributed by atoms with Gasteiger partial charge in [0.1, 0.15) is 0 Å². The highest BCUT2D eigenvalue weighted by Gasteiger charge is 2.17. The largest absolute Gasteiger partial charge is 0.493 e. The molecular formula is C23H28O9. The van der Waals surface area contributed by atoms with Gasteiger partial charge in [0.25, 0.3) is 0 Å². The van der Waals surface area contributed by atoms with Crippen LogP contribution in [0.25, 0.3) is 6.08 Å². The molecule has 2 aromatic rings. The fourth-order valence-corrected chi connectivity index (χ4v) is 2.68. The smallest absolute Gasteiger partial charge is 0.203 e. The number of carbonyl (C=O) groups is 1. The molecule has 0 aliphatic rings. The highest BCUT2D eigenvalue weighted by Crippen LogP contribution is 2.39. The second-order valence-corrected chi connectivity index (χ2v) is 6.27. The number of rotatable bonds is 14. The molecule has 9 nitrogen and oxygen atoms in total. The lowest BCUT2D eigenvalue weighted by atomic mass is 10.1. The van der Waals surface area contributed by atoms with Crippen molar-refractivity contribution in [2.45, 2.75) is 0 Å². The Balaban J connectivity index is 2.30. The van der Waals surface area contributed by atoms with Crippen molar-refractivity contribution in [3.63, 3.8) is 0 Å². The maximum atomic E-state index is 12.9. The molecule has 0 aliphatic carbocycles. The normalized spacial score (nSPS) is 10.8. The lowest BCUT2D eigenvalue weighted by molar-refractivity contribution is 0.0421. The molecule has 0 atom stereocenters. The first kappa shape index (κ1) is 25.0. The summed E-state index contributed by atoms with van der Waals surface area (Å²) in [5.74, 6) is 1.73. The zero-order valence-corrected chi connectivity index (χ0v) is 18.8. The summed E-state index contributed by atoms with van der Waals surface area (Å²) in [6.45, 7) is 0.0537. The van der Waals surface area contributed by atoms with E-state index in [1.165, 1.54) is 41.6 Å². The molecule has 0 aliphatic heterocycles. The fourth-order valence-electron chi connectivity index (χ4n) is 2.68. The Morgan fingerprint density at radius 3 is 1.78 bits per heavy atom. The number of carbonyl (C=O) groups excluding carboxylic acids is 1. The van der Waals surface area contributed by atoms with Crippen LogP contribution in [0.15, 0.2) is 36.4 Å². The summed E-state index contributed by atoms with van der Waals surface area (Å²) in [6.07, 6.45) is 3.10. The van der Waals surface area contributed by atoms with Crippen molar-refractivity contribution in [1.29, 1.82) is 0 Å². The molecule has 0 heterocycles. The number of methoxy groups -OCH3 is 5. The molecule has 2 aromatic carbocycles. The predicted octanol–water partition coefficient (Wildman–Crippen LogP) is 3.55. The van der Waals surface area contributed by atoms with Gasteiger partial charge < -0.3 is 37.9 Å². The van der Waals surface area contributed by atoms with Gasteiger partial charge in [-0.05, 0) is 35.9 Å². The maximum Gasteiger partial charge on any atom is 0.203 e. The van der Waals surface area contributed by atoms with Crippen molar-refractivity contribution in [1.82, 2.24) is 0 Å². The first-order chi connectivity index (χ1) is 15.6. The molecule has 0 unspecified atom stereocenters. The van der Waals surface area contributed by atoms with Crippen LogP contribution in [0.5, 0.6) is 28.7 Å². The third-order valence-electron chi connectivity index (χ3n) is 4.12. The molecule has 0 bridgehead atoms. The van der Waals surface area contributed by atoms with Gasteiger partial charge in [-0.3, -0.25) is 4.79 Å². The summed E-state index contributed by atoms with van der Waals surface area (Å²) in [5, 5.41) is 0. The summed E-state index contributed by atoms with van der Waals surface area (Å²) < 4.78 is 42.1. The van der Waals surface area contributed by atoms with Gasteiger partial charge in [-0.25, -0.2) is 0 Å². The second kappa shape index (κ2) is 13.2. The van der Waals surface area contributed by atoms with Crippen molar-refractivity contribution >= 4 is 11.9 Å². The van der Waals surface area contributed by atoms with E-state index in [2.05, 4.69) is 0 Å². The first-order valence-electron chi connectivity index (χ1n) is 9.55. The Morgan fingerprint density at radius 1 is 0.719 bits per heavy atom. The van der Waals surface area contributed by atoms with Crippen LogP contribution in [0.1, 0.15) is 15.9 Å². The van der Waals surface area contributed by atoms with Gasteiger partial charge in [0.2, 0.25) is 5.75 Å². The van der Waals surface area contributed by atoms with E-state index in [1.54, 1.807) is 36.4 Å². The van der Waals surface area contributed by atoms with Gasteiger partial charge in [0, 0.05) is 26.9 Å². The molecule has 0 saturated carbocycles. The number of hydrogen-bond donors (Lipinski definition) is 0. The van der Waals surface area contributed by atoms with Crippen molar-refractivity contribution in [2.24, 2.45) is 0 Å². The zero-order valence-electron chi connectivity index (χ0n) is 18.8. The van der Waals surface area contributed by atoms with Gasteiger partial charge in [-0.2, -0.15) is 0 Å².